The Balaban J connectivity index is 1.89. The van der Waals surface area contributed by atoms with Gasteiger partial charge >= 0.3 is 11.9 Å². The number of carbonyl (C=O) groups excluding carboxylic acids is 2. The maximum Gasteiger partial charge on any atom is 0.310 e. The number of esters is 2. The summed E-state index contributed by atoms with van der Waals surface area (Å²) in [4.78, 5) is 24.5. The maximum absolute atomic E-state index is 12.1. The number of unbranched alkanes of at least 4 members (excludes halogenated alkanes) is 2. The number of aliphatic hydroxyl groups is 1. The standard InChI is InChI=1S/C26H42O5S/c1-3-10-25(29)31-23-17-15-21(14-16-22(27)19-20-11-6-4-7-12-20)26(23)32-18-9-5-8-13-24(28)30-2/h14,16,20-22,27H,3-13,15,17-19H2,1-2H3/b16-14+. The summed E-state index contributed by atoms with van der Waals surface area (Å²) in [6.07, 6.45) is 17.1. The minimum atomic E-state index is -0.394. The summed E-state index contributed by atoms with van der Waals surface area (Å²) in [5, 5.41) is 10.5. The topological polar surface area (TPSA) is 72.8 Å². The SMILES string of the molecule is CCCC(=O)OC1=C(SCCCCCC(=O)OC)C(/C=C/C(O)CC2CCCCC2)CC1. The van der Waals surface area contributed by atoms with Gasteiger partial charge in [0.1, 0.15) is 5.76 Å². The Kier molecular flexibility index (Phi) is 13.1. The van der Waals surface area contributed by atoms with E-state index in [-0.39, 0.29) is 17.9 Å². The van der Waals surface area contributed by atoms with Crippen LogP contribution in [0, 0.1) is 11.8 Å². The number of allylic oxidation sites excluding steroid dienone is 3. The number of methoxy groups -OCH3 is 1. The predicted octanol–water partition coefficient (Wildman–Crippen LogP) is 6.31. The second-order valence-corrected chi connectivity index (χ2v) is 10.2. The molecule has 0 aliphatic heterocycles. The summed E-state index contributed by atoms with van der Waals surface area (Å²) in [5.74, 6) is 2.30. The molecule has 0 saturated heterocycles. The Morgan fingerprint density at radius 3 is 2.59 bits per heavy atom. The van der Waals surface area contributed by atoms with Crippen molar-refractivity contribution in [3.8, 4) is 0 Å². The molecule has 32 heavy (non-hydrogen) atoms. The highest BCUT2D eigenvalue weighted by Gasteiger charge is 2.27. The van der Waals surface area contributed by atoms with Gasteiger partial charge in [-0.15, -0.1) is 11.8 Å². The van der Waals surface area contributed by atoms with E-state index >= 15 is 0 Å². The lowest BCUT2D eigenvalue weighted by molar-refractivity contribution is -0.141. The van der Waals surface area contributed by atoms with E-state index in [2.05, 4.69) is 10.8 Å². The molecule has 2 aliphatic rings. The van der Waals surface area contributed by atoms with E-state index in [1.807, 2.05) is 13.0 Å². The van der Waals surface area contributed by atoms with Crippen molar-refractivity contribution >= 4 is 23.7 Å². The number of rotatable bonds is 14. The Hall–Kier alpha value is -1.27. The van der Waals surface area contributed by atoms with E-state index in [1.165, 1.54) is 39.2 Å². The molecule has 0 aromatic heterocycles. The second-order valence-electron chi connectivity index (χ2n) is 9.08. The van der Waals surface area contributed by atoms with Crippen LogP contribution in [-0.2, 0) is 19.1 Å². The first kappa shape index (κ1) is 27.0. The molecule has 2 unspecified atom stereocenters. The van der Waals surface area contributed by atoms with E-state index in [9.17, 15) is 14.7 Å². The Morgan fingerprint density at radius 1 is 1.09 bits per heavy atom. The average molecular weight is 467 g/mol. The third-order valence-electron chi connectivity index (χ3n) is 6.36. The molecule has 2 aliphatic carbocycles. The first-order valence-electron chi connectivity index (χ1n) is 12.5. The van der Waals surface area contributed by atoms with Crippen molar-refractivity contribution in [2.75, 3.05) is 12.9 Å². The largest absolute Gasteiger partial charge is 0.469 e. The fraction of sp³-hybridized carbons (Fsp3) is 0.769. The number of hydrogen-bond acceptors (Lipinski definition) is 6. The van der Waals surface area contributed by atoms with Crippen molar-refractivity contribution in [3.05, 3.63) is 22.8 Å². The smallest absolute Gasteiger partial charge is 0.310 e. The van der Waals surface area contributed by atoms with E-state index in [0.717, 1.165) is 61.4 Å². The normalized spacial score (nSPS) is 20.7. The molecule has 0 spiro atoms. The van der Waals surface area contributed by atoms with Crippen molar-refractivity contribution in [2.24, 2.45) is 11.8 Å². The first-order valence-corrected chi connectivity index (χ1v) is 13.5. The van der Waals surface area contributed by atoms with Crippen LogP contribution in [0.4, 0.5) is 0 Å². The quantitative estimate of drug-likeness (QED) is 0.184. The molecule has 5 nitrogen and oxygen atoms in total. The monoisotopic (exact) mass is 466 g/mol. The van der Waals surface area contributed by atoms with E-state index in [0.29, 0.717) is 18.8 Å². The van der Waals surface area contributed by atoms with Crippen LogP contribution < -0.4 is 0 Å². The molecule has 2 atom stereocenters. The summed E-state index contributed by atoms with van der Waals surface area (Å²) < 4.78 is 10.4. The van der Waals surface area contributed by atoms with Crippen LogP contribution in [0.15, 0.2) is 22.8 Å². The van der Waals surface area contributed by atoms with Crippen LogP contribution in [-0.4, -0.2) is 36.0 Å². The molecule has 0 aromatic rings. The molecule has 2 rings (SSSR count). The lowest BCUT2D eigenvalue weighted by atomic mass is 9.85. The molecule has 0 amide bonds. The Labute approximate surface area is 198 Å². The maximum atomic E-state index is 12.1. The molecule has 6 heteroatoms. The van der Waals surface area contributed by atoms with Gasteiger partial charge in [0.15, 0.2) is 0 Å². The molecular formula is C26H42O5S. The number of carbonyl (C=O) groups is 2. The molecule has 0 aromatic carbocycles. The Morgan fingerprint density at radius 2 is 1.88 bits per heavy atom. The lowest BCUT2D eigenvalue weighted by Gasteiger charge is -2.23. The van der Waals surface area contributed by atoms with Crippen molar-refractivity contribution < 1.29 is 24.2 Å². The van der Waals surface area contributed by atoms with E-state index in [1.54, 1.807) is 11.8 Å². The van der Waals surface area contributed by atoms with Gasteiger partial charge in [-0.2, -0.15) is 0 Å². The minimum Gasteiger partial charge on any atom is -0.469 e. The van der Waals surface area contributed by atoms with Crippen LogP contribution in [0.5, 0.6) is 0 Å². The highest BCUT2D eigenvalue weighted by atomic mass is 32.2. The summed E-state index contributed by atoms with van der Waals surface area (Å²) in [6, 6.07) is 0. The fourth-order valence-electron chi connectivity index (χ4n) is 4.55. The van der Waals surface area contributed by atoms with Crippen molar-refractivity contribution in [1.82, 2.24) is 0 Å². The molecule has 1 N–H and O–H groups in total. The van der Waals surface area contributed by atoms with Crippen LogP contribution in [0.3, 0.4) is 0 Å². The van der Waals surface area contributed by atoms with Gasteiger partial charge in [0, 0.05) is 30.1 Å². The van der Waals surface area contributed by atoms with E-state index < -0.39 is 6.10 Å². The molecule has 0 heterocycles. The molecule has 1 fully saturated rings. The molecule has 182 valence electrons. The summed E-state index contributed by atoms with van der Waals surface area (Å²) >= 11 is 1.77. The van der Waals surface area contributed by atoms with Crippen molar-refractivity contribution in [2.45, 2.75) is 103 Å². The number of aliphatic hydroxyl groups excluding tert-OH is 1. The first-order chi connectivity index (χ1) is 15.5. The van der Waals surface area contributed by atoms with Crippen molar-refractivity contribution in [3.63, 3.8) is 0 Å². The van der Waals surface area contributed by atoms with Crippen LogP contribution in [0.2, 0.25) is 0 Å². The molecular weight excluding hydrogens is 424 g/mol. The molecule has 0 radical (unpaired) electrons. The van der Waals surface area contributed by atoms with Gasteiger partial charge in [-0.3, -0.25) is 9.59 Å². The van der Waals surface area contributed by atoms with Gasteiger partial charge in [0.05, 0.1) is 13.2 Å². The van der Waals surface area contributed by atoms with Gasteiger partial charge in [0.25, 0.3) is 0 Å². The second kappa shape index (κ2) is 15.5. The number of hydrogen-bond donors (Lipinski definition) is 1. The third-order valence-corrected chi connectivity index (χ3v) is 7.69. The van der Waals surface area contributed by atoms with Crippen LogP contribution >= 0.6 is 11.8 Å². The van der Waals surface area contributed by atoms with Gasteiger partial charge in [-0.1, -0.05) is 57.6 Å². The zero-order valence-corrected chi connectivity index (χ0v) is 20.8. The van der Waals surface area contributed by atoms with Gasteiger partial charge in [-0.25, -0.2) is 0 Å². The summed E-state index contributed by atoms with van der Waals surface area (Å²) in [5.41, 5.74) is 0. The van der Waals surface area contributed by atoms with Gasteiger partial charge in [0.2, 0.25) is 0 Å². The average Bonchev–Trinajstić information content (AvgIpc) is 3.16. The van der Waals surface area contributed by atoms with Crippen LogP contribution in [0.1, 0.15) is 96.8 Å². The number of ether oxygens (including phenoxy) is 2. The lowest BCUT2D eigenvalue weighted by Crippen LogP contribution is -2.14. The Bertz CT molecular complexity index is 636. The van der Waals surface area contributed by atoms with Gasteiger partial charge in [-0.05, 0) is 43.8 Å². The van der Waals surface area contributed by atoms with E-state index in [4.69, 9.17) is 4.74 Å². The fourth-order valence-corrected chi connectivity index (χ4v) is 5.83. The zero-order valence-electron chi connectivity index (χ0n) is 20.0. The highest BCUT2D eigenvalue weighted by molar-refractivity contribution is 8.03. The van der Waals surface area contributed by atoms with Crippen LogP contribution in [0.25, 0.3) is 0 Å². The zero-order chi connectivity index (χ0) is 23.2. The molecule has 0 bridgehead atoms. The summed E-state index contributed by atoms with van der Waals surface area (Å²) in [6.45, 7) is 1.98. The van der Waals surface area contributed by atoms with Crippen molar-refractivity contribution in [1.29, 1.82) is 0 Å². The molecule has 1 saturated carbocycles. The third kappa shape index (κ3) is 10.1. The predicted molar refractivity (Wildman–Crippen MR) is 130 cm³/mol. The van der Waals surface area contributed by atoms with Gasteiger partial charge < -0.3 is 14.6 Å². The summed E-state index contributed by atoms with van der Waals surface area (Å²) in [7, 11) is 1.42. The minimum absolute atomic E-state index is 0.152. The highest BCUT2D eigenvalue weighted by Crippen LogP contribution is 2.41. The number of thioether (sulfide) groups is 1.